The lowest BCUT2D eigenvalue weighted by Gasteiger charge is -2.01. The first-order chi connectivity index (χ1) is 3.93. The molecule has 3 heteroatoms. The van der Waals surface area contributed by atoms with Crippen LogP contribution < -0.4 is 10.6 Å². The number of hydrogen-bond acceptors (Lipinski definition) is 2. The van der Waals surface area contributed by atoms with E-state index in [1.807, 2.05) is 0 Å². The van der Waals surface area contributed by atoms with Crippen molar-refractivity contribution in [2.45, 2.75) is 12.5 Å². The molecule has 1 aliphatic heterocycles. The number of carbonyl (C=O) groups excluding carboxylic acids is 1. The van der Waals surface area contributed by atoms with Crippen LogP contribution in [0.1, 0.15) is 6.42 Å². The molecule has 2 N–H and O–H groups in total. The van der Waals surface area contributed by atoms with Crippen molar-refractivity contribution in [3.63, 3.8) is 0 Å². The molecule has 0 saturated carbocycles. The summed E-state index contributed by atoms with van der Waals surface area (Å²) in [6.45, 7) is 1.91. The molecule has 3 nitrogen and oxygen atoms in total. The summed E-state index contributed by atoms with van der Waals surface area (Å²) in [7, 11) is 0. The van der Waals surface area contributed by atoms with Crippen LogP contribution >= 0.6 is 0 Å². The van der Waals surface area contributed by atoms with Crippen LogP contribution in [-0.4, -0.2) is 25.5 Å². The molecule has 0 aromatic carbocycles. The van der Waals surface area contributed by atoms with Gasteiger partial charge in [0.15, 0.2) is 0 Å². The first-order valence-corrected chi connectivity index (χ1v) is 2.77. The molecule has 0 aromatic rings. The normalized spacial score (nSPS) is 27.8. The van der Waals surface area contributed by atoms with Gasteiger partial charge < -0.3 is 10.6 Å². The fourth-order valence-electron chi connectivity index (χ4n) is 0.861. The molecular formula is C5H9N2O. The molecule has 1 radical (unpaired) electrons. The minimum absolute atomic E-state index is 0.326. The lowest BCUT2D eigenvalue weighted by molar-refractivity contribution is 0.525. The summed E-state index contributed by atoms with van der Waals surface area (Å²) < 4.78 is 0. The smallest absolute Gasteiger partial charge is 0.309 e. The Balaban J connectivity index is 2.14. The van der Waals surface area contributed by atoms with Crippen LogP contribution in [0, 0.1) is 0 Å². The van der Waals surface area contributed by atoms with Crippen molar-refractivity contribution in [1.82, 2.24) is 10.6 Å². The van der Waals surface area contributed by atoms with Gasteiger partial charge in [-0.2, -0.15) is 0 Å². The molecule has 1 fully saturated rings. The van der Waals surface area contributed by atoms with E-state index in [0.717, 1.165) is 19.5 Å². The number of hydrogen-bond donors (Lipinski definition) is 2. The van der Waals surface area contributed by atoms with Crippen molar-refractivity contribution in [3.05, 3.63) is 0 Å². The quantitative estimate of drug-likeness (QED) is 0.451. The molecule has 8 heavy (non-hydrogen) atoms. The highest BCUT2D eigenvalue weighted by Gasteiger charge is 2.11. The Morgan fingerprint density at radius 1 is 1.75 bits per heavy atom. The maximum Gasteiger partial charge on any atom is 0.309 e. The van der Waals surface area contributed by atoms with E-state index in [9.17, 15) is 4.79 Å². The van der Waals surface area contributed by atoms with Gasteiger partial charge in [0, 0.05) is 12.6 Å². The molecule has 1 heterocycles. The molecule has 1 amide bonds. The SMILES string of the molecule is O=[C]NC1CCNC1. The Labute approximate surface area is 48.5 Å². The molecule has 0 aliphatic carbocycles. The van der Waals surface area contributed by atoms with E-state index in [0.29, 0.717) is 6.04 Å². The van der Waals surface area contributed by atoms with Gasteiger partial charge in [0.25, 0.3) is 0 Å². The van der Waals surface area contributed by atoms with Gasteiger partial charge in [0.05, 0.1) is 0 Å². The molecular weight excluding hydrogens is 104 g/mol. The van der Waals surface area contributed by atoms with E-state index in [4.69, 9.17) is 0 Å². The highest BCUT2D eigenvalue weighted by atomic mass is 16.1. The van der Waals surface area contributed by atoms with E-state index < -0.39 is 0 Å². The first-order valence-electron chi connectivity index (χ1n) is 2.77. The van der Waals surface area contributed by atoms with E-state index >= 15 is 0 Å². The summed E-state index contributed by atoms with van der Waals surface area (Å²) in [5, 5.41) is 5.69. The predicted octanol–water partition coefficient (Wildman–Crippen LogP) is -0.995. The predicted molar refractivity (Wildman–Crippen MR) is 30.1 cm³/mol. The largest absolute Gasteiger partial charge is 0.344 e. The van der Waals surface area contributed by atoms with Crippen LogP contribution in [0.4, 0.5) is 0 Å². The van der Waals surface area contributed by atoms with Crippen molar-refractivity contribution in [1.29, 1.82) is 0 Å². The number of nitrogens with one attached hydrogen (secondary N) is 2. The van der Waals surface area contributed by atoms with Crippen molar-refractivity contribution in [2.24, 2.45) is 0 Å². The zero-order valence-corrected chi connectivity index (χ0v) is 4.61. The highest BCUT2D eigenvalue weighted by molar-refractivity contribution is 5.47. The fraction of sp³-hybridized carbons (Fsp3) is 0.800. The Morgan fingerprint density at radius 2 is 2.62 bits per heavy atom. The van der Waals surface area contributed by atoms with Crippen molar-refractivity contribution in [2.75, 3.05) is 13.1 Å². The zero-order valence-electron chi connectivity index (χ0n) is 4.61. The molecule has 0 aromatic heterocycles. The third-order valence-electron chi connectivity index (χ3n) is 1.32. The topological polar surface area (TPSA) is 41.1 Å². The van der Waals surface area contributed by atoms with E-state index in [2.05, 4.69) is 10.6 Å². The third kappa shape index (κ3) is 1.20. The third-order valence-corrected chi connectivity index (χ3v) is 1.32. The molecule has 1 atom stereocenters. The molecule has 1 rings (SSSR count). The van der Waals surface area contributed by atoms with Gasteiger partial charge in [-0.15, -0.1) is 0 Å². The summed E-state index contributed by atoms with van der Waals surface area (Å²) in [5.41, 5.74) is 0. The van der Waals surface area contributed by atoms with Crippen molar-refractivity contribution >= 4 is 6.41 Å². The van der Waals surface area contributed by atoms with E-state index in [-0.39, 0.29) is 0 Å². The Morgan fingerprint density at radius 3 is 3.12 bits per heavy atom. The first kappa shape index (κ1) is 5.56. The summed E-state index contributed by atoms with van der Waals surface area (Å²) in [4.78, 5) is 9.70. The van der Waals surface area contributed by atoms with Crippen LogP contribution in [0.3, 0.4) is 0 Å². The van der Waals surface area contributed by atoms with Gasteiger partial charge in [0.1, 0.15) is 0 Å². The summed E-state index contributed by atoms with van der Waals surface area (Å²) in [6, 6.07) is 0.326. The Bertz CT molecular complexity index is 78.5. The van der Waals surface area contributed by atoms with Crippen LogP contribution in [0.5, 0.6) is 0 Å². The van der Waals surface area contributed by atoms with E-state index in [1.54, 1.807) is 6.41 Å². The highest BCUT2D eigenvalue weighted by Crippen LogP contribution is 1.93. The lowest BCUT2D eigenvalue weighted by atomic mass is 10.3. The molecule has 1 unspecified atom stereocenters. The summed E-state index contributed by atoms with van der Waals surface area (Å²) >= 11 is 0. The van der Waals surface area contributed by atoms with Gasteiger partial charge in [0.2, 0.25) is 0 Å². The van der Waals surface area contributed by atoms with Gasteiger partial charge in [-0.3, -0.25) is 4.79 Å². The second-order valence-electron chi connectivity index (χ2n) is 1.94. The molecule has 45 valence electrons. The van der Waals surface area contributed by atoms with Gasteiger partial charge in [-0.1, -0.05) is 0 Å². The van der Waals surface area contributed by atoms with Gasteiger partial charge in [-0.25, -0.2) is 0 Å². The minimum Gasteiger partial charge on any atom is -0.344 e. The maximum atomic E-state index is 9.70. The van der Waals surface area contributed by atoms with E-state index in [1.165, 1.54) is 0 Å². The minimum atomic E-state index is 0.326. The standard InChI is InChI=1S/C5H9N2O/c8-4-7-5-1-2-6-3-5/h5-6H,1-3H2,(H,7,8). The monoisotopic (exact) mass is 113 g/mol. The van der Waals surface area contributed by atoms with Gasteiger partial charge >= 0.3 is 6.41 Å². The van der Waals surface area contributed by atoms with Gasteiger partial charge in [-0.05, 0) is 13.0 Å². The molecule has 0 spiro atoms. The second-order valence-corrected chi connectivity index (χ2v) is 1.94. The lowest BCUT2D eigenvalue weighted by Crippen LogP contribution is -2.29. The van der Waals surface area contributed by atoms with Crippen LogP contribution in [-0.2, 0) is 4.79 Å². The average Bonchev–Trinajstić information content (AvgIpc) is 2.19. The zero-order chi connectivity index (χ0) is 5.82. The van der Waals surface area contributed by atoms with Crippen LogP contribution in [0.15, 0.2) is 0 Å². The van der Waals surface area contributed by atoms with Crippen molar-refractivity contribution in [3.8, 4) is 0 Å². The second kappa shape index (κ2) is 2.67. The molecule has 1 saturated heterocycles. The van der Waals surface area contributed by atoms with Crippen LogP contribution in [0.2, 0.25) is 0 Å². The summed E-state index contributed by atoms with van der Waals surface area (Å²) in [6.07, 6.45) is 2.71. The maximum absolute atomic E-state index is 9.70. The van der Waals surface area contributed by atoms with Crippen molar-refractivity contribution < 1.29 is 4.79 Å². The fourth-order valence-corrected chi connectivity index (χ4v) is 0.861. The average molecular weight is 113 g/mol. The Hall–Kier alpha value is -0.570. The molecule has 0 bridgehead atoms. The molecule has 1 aliphatic rings. The summed E-state index contributed by atoms with van der Waals surface area (Å²) in [5.74, 6) is 0. The number of amides is 1. The Kier molecular flexibility index (Phi) is 1.86. The van der Waals surface area contributed by atoms with Crippen LogP contribution in [0.25, 0.3) is 0 Å². The number of rotatable bonds is 2.